The summed E-state index contributed by atoms with van der Waals surface area (Å²) >= 11 is -4.40. The molecule has 0 aliphatic carbocycles. The van der Waals surface area contributed by atoms with E-state index in [1.807, 2.05) is 0 Å². The van der Waals surface area contributed by atoms with Crippen molar-refractivity contribution in [2.24, 2.45) is 0 Å². The zero-order valence-electron chi connectivity index (χ0n) is 2.89. The molecule has 0 spiro atoms. The minimum atomic E-state index is -4.40. The summed E-state index contributed by atoms with van der Waals surface area (Å²) in [6.07, 6.45) is 0. The average molecular weight is 317 g/mol. The fraction of sp³-hybridized carbons (Fsp3) is 0. The predicted molar refractivity (Wildman–Crippen MR) is 42.8 cm³/mol. The van der Waals surface area contributed by atoms with Gasteiger partial charge in [-0.1, -0.05) is 0 Å². The minimum absolute atomic E-state index is 0. The van der Waals surface area contributed by atoms with Crippen molar-refractivity contribution in [1.29, 1.82) is 0 Å². The second-order valence-electron chi connectivity index (χ2n) is 0.714. The standard InChI is InChI=1S/Al.5ClH.H2O.Zr.3H/h;5*1H;1H2;;;;/q;;;;;;;+5;;;/p-5. The molecule has 2 N–H and O–H groups in total. The third kappa shape index (κ3) is 67.7. The summed E-state index contributed by atoms with van der Waals surface area (Å²) in [4.78, 5) is 0. The van der Waals surface area contributed by atoms with Crippen LogP contribution < -0.4 is 0 Å². The Morgan fingerprint density at radius 3 is 0.750 bits per heavy atom. The maximum atomic E-state index is 5.06. The molecule has 0 amide bonds. The van der Waals surface area contributed by atoms with Gasteiger partial charge in [0.05, 0.1) is 0 Å². The summed E-state index contributed by atoms with van der Waals surface area (Å²) in [6, 6.07) is 0. The van der Waals surface area contributed by atoms with Gasteiger partial charge in [-0.25, -0.2) is 0 Å². The van der Waals surface area contributed by atoms with Crippen LogP contribution in [0.3, 0.4) is 0 Å². The van der Waals surface area contributed by atoms with Crippen LogP contribution in [0.4, 0.5) is 0 Å². The Balaban J connectivity index is -0.000000125. The molecule has 0 aliphatic heterocycles. The summed E-state index contributed by atoms with van der Waals surface area (Å²) in [5.41, 5.74) is 0. The van der Waals surface area contributed by atoms with Crippen molar-refractivity contribution in [3.05, 3.63) is 0 Å². The Morgan fingerprint density at radius 1 is 0.750 bits per heavy atom. The monoisotopic (exact) mass is 313 g/mol. The van der Waals surface area contributed by atoms with Crippen LogP contribution in [-0.2, 0) is 12.8 Å². The molecule has 0 radical (unpaired) electrons. The molecule has 0 aromatic carbocycles. The first kappa shape index (κ1) is 17.1. The number of halogens is 5. The van der Waals surface area contributed by atoms with E-state index in [1.54, 1.807) is 0 Å². The molecule has 8 heteroatoms. The van der Waals surface area contributed by atoms with E-state index in [9.17, 15) is 0 Å². The normalized spacial score (nSPS) is 14.4. The molecule has 0 unspecified atom stereocenters. The SMILES string of the molecule is O.[AlH3].[Cl][Zr]([Cl])([Cl])([Cl])[Cl]. The van der Waals surface area contributed by atoms with Crippen LogP contribution in [0.2, 0.25) is 0 Å². The van der Waals surface area contributed by atoms with Crippen molar-refractivity contribution >= 4 is 59.9 Å². The van der Waals surface area contributed by atoms with Crippen molar-refractivity contribution in [1.82, 2.24) is 0 Å². The molecule has 0 aromatic rings. The van der Waals surface area contributed by atoms with Gasteiger partial charge in [-0.15, -0.1) is 0 Å². The Bertz CT molecular complexity index is 45.6. The topological polar surface area (TPSA) is 31.5 Å². The molecule has 0 rings (SSSR count). The van der Waals surface area contributed by atoms with E-state index in [-0.39, 0.29) is 22.8 Å². The van der Waals surface area contributed by atoms with Gasteiger partial charge in [-0.2, -0.15) is 0 Å². The fourth-order valence-corrected chi connectivity index (χ4v) is 0. The van der Waals surface area contributed by atoms with E-state index in [0.29, 0.717) is 0 Å². The summed E-state index contributed by atoms with van der Waals surface area (Å²) < 4.78 is 0. The van der Waals surface area contributed by atoms with E-state index in [4.69, 9.17) is 42.6 Å². The maximum absolute atomic E-state index is 5.06. The summed E-state index contributed by atoms with van der Waals surface area (Å²) in [5, 5.41) is 0. The van der Waals surface area contributed by atoms with Crippen LogP contribution in [0.25, 0.3) is 0 Å². The van der Waals surface area contributed by atoms with Crippen LogP contribution >= 0.6 is 42.6 Å². The van der Waals surface area contributed by atoms with Gasteiger partial charge in [-0.3, -0.25) is 0 Å². The van der Waals surface area contributed by atoms with E-state index >= 15 is 0 Å². The van der Waals surface area contributed by atoms with Crippen molar-refractivity contribution < 1.29 is 18.3 Å². The molecule has 0 saturated carbocycles. The molecule has 0 saturated heterocycles. The molecule has 53 valence electrons. The van der Waals surface area contributed by atoms with Gasteiger partial charge in [-0.05, 0) is 0 Å². The van der Waals surface area contributed by atoms with Crippen molar-refractivity contribution in [3.63, 3.8) is 0 Å². The molecular formula is H5AlCl5OZr. The zero-order chi connectivity index (χ0) is 5.45. The van der Waals surface area contributed by atoms with Crippen LogP contribution in [0.1, 0.15) is 0 Å². The zero-order valence-corrected chi connectivity index (χ0v) is 9.13. The van der Waals surface area contributed by atoms with Crippen molar-refractivity contribution in [2.45, 2.75) is 0 Å². The first-order valence-electron chi connectivity index (χ1n) is 0.945. The molecular weight excluding hydrogens is 311 g/mol. The Morgan fingerprint density at radius 2 is 0.750 bits per heavy atom. The number of rotatable bonds is 0. The number of hydrogen-bond acceptors (Lipinski definition) is 0. The first-order chi connectivity index (χ1) is 2.24. The van der Waals surface area contributed by atoms with Crippen LogP contribution in [-0.4, -0.2) is 22.8 Å². The van der Waals surface area contributed by atoms with Gasteiger partial charge >= 0.3 is 55.4 Å². The van der Waals surface area contributed by atoms with E-state index in [2.05, 4.69) is 0 Å². The first-order valence-corrected chi connectivity index (χ1v) is 16.8. The van der Waals surface area contributed by atoms with Gasteiger partial charge in [0.25, 0.3) is 0 Å². The van der Waals surface area contributed by atoms with Gasteiger partial charge in [0, 0.05) is 0 Å². The van der Waals surface area contributed by atoms with Crippen LogP contribution in [0, 0.1) is 0 Å². The van der Waals surface area contributed by atoms with Crippen molar-refractivity contribution in [2.75, 3.05) is 0 Å². The molecule has 0 bridgehead atoms. The number of hydrogen-bond donors (Lipinski definition) is 0. The van der Waals surface area contributed by atoms with Crippen LogP contribution in [0.5, 0.6) is 0 Å². The molecule has 0 heterocycles. The second-order valence-corrected chi connectivity index (χ2v) is 38.0. The third-order valence-corrected chi connectivity index (χ3v) is 0. The summed E-state index contributed by atoms with van der Waals surface area (Å²) in [5.74, 6) is 0. The van der Waals surface area contributed by atoms with E-state index < -0.39 is 12.8 Å². The van der Waals surface area contributed by atoms with Gasteiger partial charge in [0.15, 0.2) is 17.4 Å². The summed E-state index contributed by atoms with van der Waals surface area (Å²) in [6.45, 7) is 0. The van der Waals surface area contributed by atoms with E-state index in [0.717, 1.165) is 0 Å². The van der Waals surface area contributed by atoms with E-state index in [1.165, 1.54) is 0 Å². The molecule has 1 nitrogen and oxygen atoms in total. The van der Waals surface area contributed by atoms with Gasteiger partial charge in [0.2, 0.25) is 0 Å². The second kappa shape index (κ2) is 4.65. The Kier molecular flexibility index (Phi) is 9.93. The van der Waals surface area contributed by atoms with Gasteiger partial charge in [0.1, 0.15) is 0 Å². The molecule has 0 atom stereocenters. The summed E-state index contributed by atoms with van der Waals surface area (Å²) in [7, 11) is 25.3. The molecule has 0 aromatic heterocycles. The third-order valence-electron chi connectivity index (χ3n) is 0. The van der Waals surface area contributed by atoms with Crippen molar-refractivity contribution in [3.8, 4) is 0 Å². The van der Waals surface area contributed by atoms with Gasteiger partial charge < -0.3 is 5.48 Å². The predicted octanol–water partition coefficient (Wildman–Crippen LogP) is 1.44. The Labute approximate surface area is 76.9 Å². The van der Waals surface area contributed by atoms with Crippen LogP contribution in [0.15, 0.2) is 0 Å². The molecule has 0 fully saturated rings. The molecule has 8 heavy (non-hydrogen) atoms. The average Bonchev–Trinajstić information content (AvgIpc) is 0.650. The Hall–Kier alpha value is 2.83. The quantitative estimate of drug-likeness (QED) is 0.606. The fourth-order valence-electron chi connectivity index (χ4n) is 0. The molecule has 0 aliphatic rings.